The van der Waals surface area contributed by atoms with Gasteiger partial charge in [0.2, 0.25) is 0 Å². The molecule has 1 amide bonds. The first kappa shape index (κ1) is 16.3. The number of hydrogen-bond acceptors (Lipinski definition) is 5. The quantitative estimate of drug-likeness (QED) is 0.836. The normalized spacial score (nSPS) is 20.3. The van der Waals surface area contributed by atoms with E-state index < -0.39 is 0 Å². The number of aromatic nitrogens is 1. The van der Waals surface area contributed by atoms with Gasteiger partial charge < -0.3 is 19.0 Å². The third-order valence-corrected chi connectivity index (χ3v) is 4.87. The van der Waals surface area contributed by atoms with E-state index in [9.17, 15) is 4.79 Å². The van der Waals surface area contributed by atoms with Gasteiger partial charge >= 0.3 is 0 Å². The van der Waals surface area contributed by atoms with E-state index in [0.29, 0.717) is 13.1 Å². The van der Waals surface area contributed by atoms with Crippen molar-refractivity contribution < 1.29 is 13.9 Å². The number of ether oxygens (including phenoxy) is 1. The molecular weight excluding hydrogens is 342 g/mol. The van der Waals surface area contributed by atoms with Crippen LogP contribution in [0.25, 0.3) is 0 Å². The van der Waals surface area contributed by atoms with Crippen LogP contribution in [-0.2, 0) is 0 Å². The van der Waals surface area contributed by atoms with Gasteiger partial charge in [0, 0.05) is 32.3 Å². The smallest absolute Gasteiger partial charge is 0.289 e. The molecule has 0 saturated carbocycles. The zero-order chi connectivity index (χ0) is 17.2. The third-order valence-electron chi connectivity index (χ3n) is 4.67. The second-order valence-corrected chi connectivity index (χ2v) is 6.78. The van der Waals surface area contributed by atoms with Crippen LogP contribution in [0.1, 0.15) is 29.8 Å². The Morgan fingerprint density at radius 3 is 2.84 bits per heavy atom. The lowest BCUT2D eigenvalue weighted by Crippen LogP contribution is -2.31. The molecule has 25 heavy (non-hydrogen) atoms. The van der Waals surface area contributed by atoms with Crippen LogP contribution in [0.4, 0.5) is 5.82 Å². The maximum absolute atomic E-state index is 12.4. The summed E-state index contributed by atoms with van der Waals surface area (Å²) in [6, 6.07) is 7.03. The summed E-state index contributed by atoms with van der Waals surface area (Å²) >= 11 is 5.75. The molecule has 2 aliphatic rings. The van der Waals surface area contributed by atoms with Crippen LogP contribution in [0.15, 0.2) is 34.9 Å². The summed E-state index contributed by atoms with van der Waals surface area (Å²) < 4.78 is 11.4. The monoisotopic (exact) mass is 361 g/mol. The zero-order valence-corrected chi connectivity index (χ0v) is 14.6. The Balaban J connectivity index is 1.42. The highest BCUT2D eigenvalue weighted by Crippen LogP contribution is 2.30. The minimum absolute atomic E-state index is 0.0417. The third kappa shape index (κ3) is 3.44. The molecule has 2 fully saturated rings. The molecule has 4 heterocycles. The molecule has 1 unspecified atom stereocenters. The van der Waals surface area contributed by atoms with Gasteiger partial charge in [-0.15, -0.1) is 0 Å². The Kier molecular flexibility index (Phi) is 4.53. The van der Waals surface area contributed by atoms with E-state index in [-0.39, 0.29) is 23.0 Å². The van der Waals surface area contributed by atoms with E-state index in [2.05, 4.69) is 9.88 Å². The van der Waals surface area contributed by atoms with Crippen molar-refractivity contribution in [3.05, 3.63) is 41.4 Å². The molecule has 0 aliphatic carbocycles. The highest BCUT2D eigenvalue weighted by Gasteiger charge is 2.30. The fourth-order valence-electron chi connectivity index (χ4n) is 3.41. The molecule has 6 nitrogen and oxygen atoms in total. The topological polar surface area (TPSA) is 58.8 Å². The maximum atomic E-state index is 12.4. The number of carbonyl (C=O) groups is 1. The van der Waals surface area contributed by atoms with Gasteiger partial charge in [0.25, 0.3) is 5.91 Å². The fraction of sp³-hybridized carbons (Fsp3) is 0.444. The van der Waals surface area contributed by atoms with E-state index in [1.54, 1.807) is 23.2 Å². The summed E-state index contributed by atoms with van der Waals surface area (Å²) in [5, 5.41) is 0.223. The van der Waals surface area contributed by atoms with Gasteiger partial charge in [0.05, 0.1) is 6.54 Å². The van der Waals surface area contributed by atoms with E-state index in [1.165, 1.54) is 12.8 Å². The zero-order valence-electron chi connectivity index (χ0n) is 13.9. The van der Waals surface area contributed by atoms with Crippen LogP contribution in [0.2, 0.25) is 5.22 Å². The minimum atomic E-state index is -0.149. The number of likely N-dealkylation sites (tertiary alicyclic amines) is 1. The van der Waals surface area contributed by atoms with Gasteiger partial charge in [-0.1, -0.05) is 0 Å². The Labute approximate surface area is 151 Å². The van der Waals surface area contributed by atoms with Gasteiger partial charge in [-0.3, -0.25) is 4.79 Å². The highest BCUT2D eigenvalue weighted by atomic mass is 35.5. The van der Waals surface area contributed by atoms with E-state index in [1.807, 2.05) is 12.1 Å². The minimum Gasteiger partial charge on any atom is -0.485 e. The highest BCUT2D eigenvalue weighted by molar-refractivity contribution is 6.29. The van der Waals surface area contributed by atoms with Gasteiger partial charge in [0.15, 0.2) is 22.5 Å². The van der Waals surface area contributed by atoms with Crippen molar-refractivity contribution in [2.75, 3.05) is 31.1 Å². The predicted octanol–water partition coefficient (Wildman–Crippen LogP) is 3.22. The predicted molar refractivity (Wildman–Crippen MR) is 94.3 cm³/mol. The van der Waals surface area contributed by atoms with Crippen molar-refractivity contribution in [1.82, 2.24) is 9.88 Å². The Hall–Kier alpha value is -2.21. The van der Waals surface area contributed by atoms with Gasteiger partial charge in [-0.05, 0) is 48.7 Å². The van der Waals surface area contributed by atoms with Gasteiger partial charge in [0.1, 0.15) is 6.10 Å². The molecule has 2 aromatic heterocycles. The molecule has 2 aliphatic heterocycles. The Bertz CT molecular complexity index is 758. The molecule has 0 N–H and O–H groups in total. The van der Waals surface area contributed by atoms with Crippen molar-refractivity contribution in [3.8, 4) is 5.75 Å². The van der Waals surface area contributed by atoms with Crippen molar-refractivity contribution in [2.45, 2.75) is 25.4 Å². The van der Waals surface area contributed by atoms with E-state index in [4.69, 9.17) is 20.8 Å². The van der Waals surface area contributed by atoms with Crippen LogP contribution in [0.3, 0.4) is 0 Å². The summed E-state index contributed by atoms with van der Waals surface area (Å²) in [5.41, 5.74) is 0. The average molecular weight is 362 g/mol. The molecule has 0 spiro atoms. The molecule has 2 saturated heterocycles. The van der Waals surface area contributed by atoms with Crippen LogP contribution < -0.4 is 9.64 Å². The summed E-state index contributed by atoms with van der Waals surface area (Å²) in [5.74, 6) is 1.82. The number of furan rings is 1. The van der Waals surface area contributed by atoms with Crippen molar-refractivity contribution in [3.63, 3.8) is 0 Å². The largest absolute Gasteiger partial charge is 0.485 e. The van der Waals surface area contributed by atoms with E-state index in [0.717, 1.165) is 31.1 Å². The number of amides is 1. The fourth-order valence-corrected chi connectivity index (χ4v) is 3.56. The number of anilines is 1. The first-order valence-corrected chi connectivity index (χ1v) is 9.00. The van der Waals surface area contributed by atoms with Crippen LogP contribution in [0.5, 0.6) is 5.75 Å². The van der Waals surface area contributed by atoms with Crippen molar-refractivity contribution >= 4 is 23.3 Å². The number of hydrogen-bond donors (Lipinski definition) is 0. The van der Waals surface area contributed by atoms with Gasteiger partial charge in [-0.25, -0.2) is 4.98 Å². The van der Waals surface area contributed by atoms with Gasteiger partial charge in [-0.2, -0.15) is 0 Å². The molecule has 2 aromatic rings. The Morgan fingerprint density at radius 2 is 2.08 bits per heavy atom. The van der Waals surface area contributed by atoms with E-state index >= 15 is 0 Å². The molecular formula is C18H20ClN3O3. The lowest BCUT2D eigenvalue weighted by molar-refractivity contribution is 0.0741. The molecule has 7 heteroatoms. The number of carbonyl (C=O) groups excluding carboxylic acids is 1. The SMILES string of the molecule is O=C(c1ccc(Cl)o1)N1CCC(Oc2cccnc2N2CCCC2)C1. The van der Waals surface area contributed by atoms with Crippen LogP contribution in [0, 0.1) is 0 Å². The maximum Gasteiger partial charge on any atom is 0.289 e. The molecule has 132 valence electrons. The first-order chi connectivity index (χ1) is 12.2. The summed E-state index contributed by atoms with van der Waals surface area (Å²) in [7, 11) is 0. The summed E-state index contributed by atoms with van der Waals surface area (Å²) in [4.78, 5) is 20.9. The van der Waals surface area contributed by atoms with Crippen molar-refractivity contribution in [2.24, 2.45) is 0 Å². The molecule has 4 rings (SSSR count). The van der Waals surface area contributed by atoms with Crippen LogP contribution >= 0.6 is 11.6 Å². The number of nitrogens with zero attached hydrogens (tertiary/aromatic N) is 3. The van der Waals surface area contributed by atoms with Crippen molar-refractivity contribution in [1.29, 1.82) is 0 Å². The summed E-state index contributed by atoms with van der Waals surface area (Å²) in [6.07, 6.45) is 4.92. The molecule has 0 radical (unpaired) electrons. The number of rotatable bonds is 4. The molecule has 1 atom stereocenters. The van der Waals surface area contributed by atoms with Crippen LogP contribution in [-0.4, -0.2) is 48.1 Å². The lowest BCUT2D eigenvalue weighted by Gasteiger charge is -2.22. The average Bonchev–Trinajstić information content (AvgIpc) is 3.36. The number of pyridine rings is 1. The standard InChI is InChI=1S/C18H20ClN3O3/c19-16-6-5-15(25-16)18(23)22-11-7-13(12-22)24-14-4-3-8-20-17(14)21-9-1-2-10-21/h3-6,8,13H,1-2,7,9-12H2. The summed E-state index contributed by atoms with van der Waals surface area (Å²) in [6.45, 7) is 3.20. The first-order valence-electron chi connectivity index (χ1n) is 8.62. The number of halogens is 1. The molecule has 0 bridgehead atoms. The lowest BCUT2D eigenvalue weighted by atomic mass is 10.3. The second kappa shape index (κ2) is 6.96. The second-order valence-electron chi connectivity index (χ2n) is 6.40. The Morgan fingerprint density at radius 1 is 1.24 bits per heavy atom. The molecule has 0 aromatic carbocycles.